The van der Waals surface area contributed by atoms with Crippen LogP contribution in [0.2, 0.25) is 0 Å². The van der Waals surface area contributed by atoms with E-state index in [9.17, 15) is 19.4 Å². The van der Waals surface area contributed by atoms with Crippen LogP contribution in [-0.4, -0.2) is 0 Å². The molecule has 0 saturated heterocycles. The first-order valence-corrected chi connectivity index (χ1v) is 5.75. The molecular weight excluding hydrogens is 235 g/mol. The van der Waals surface area contributed by atoms with Crippen LogP contribution < -0.4 is 0 Å². The van der Waals surface area contributed by atoms with Gasteiger partial charge in [-0.25, -0.2) is 0 Å². The monoisotopic (exact) mass is 242 g/mol. The first-order valence-electron chi connectivity index (χ1n) is 3.80. The average Bonchev–Trinajstić information content (AvgIpc) is 2.01. The predicted molar refractivity (Wildman–Crippen MR) is 50.4 cm³/mol. The van der Waals surface area contributed by atoms with Crippen LogP contribution in [-0.2, 0) is 0 Å². The quantitative estimate of drug-likeness (QED) is 0.494. The second-order valence-corrected chi connectivity index (χ2v) is 5.28. The average molecular weight is 242 g/mol. The SMILES string of the molecule is CC#Cc1ccc(S(F)(F)(F)(F)F)cc1. The summed E-state index contributed by atoms with van der Waals surface area (Å²) < 4.78 is 61.1. The molecular formula is C9H7F5S. The van der Waals surface area contributed by atoms with Crippen LogP contribution in [0.4, 0.5) is 19.4 Å². The molecule has 0 nitrogen and oxygen atoms in total. The maximum atomic E-state index is 12.2. The maximum Gasteiger partial charge on any atom is 0.310 e. The van der Waals surface area contributed by atoms with Crippen molar-refractivity contribution in [2.45, 2.75) is 11.8 Å². The minimum atomic E-state index is -9.53. The molecule has 0 aliphatic rings. The molecule has 0 unspecified atom stereocenters. The van der Waals surface area contributed by atoms with Gasteiger partial charge in [0.2, 0.25) is 0 Å². The zero-order valence-electron chi connectivity index (χ0n) is 7.61. The predicted octanol–water partition coefficient (Wildman–Crippen LogP) is 4.72. The molecule has 0 atom stereocenters. The minimum Gasteiger partial charge on any atom is -0.101 e. The zero-order chi connectivity index (χ0) is 11.8. The van der Waals surface area contributed by atoms with Gasteiger partial charge in [0, 0.05) is 5.56 Å². The summed E-state index contributed by atoms with van der Waals surface area (Å²) in [5, 5.41) is 0. The molecule has 0 saturated carbocycles. The Hall–Kier alpha value is -1.22. The molecule has 6 heteroatoms. The van der Waals surface area contributed by atoms with Crippen molar-refractivity contribution < 1.29 is 19.4 Å². The molecule has 0 N–H and O–H groups in total. The van der Waals surface area contributed by atoms with Crippen LogP contribution in [0, 0.1) is 11.8 Å². The number of rotatable bonds is 1. The van der Waals surface area contributed by atoms with Crippen LogP contribution in [0.5, 0.6) is 0 Å². The zero-order valence-corrected chi connectivity index (χ0v) is 8.42. The Morgan fingerprint density at radius 3 is 1.73 bits per heavy atom. The number of hydrogen-bond acceptors (Lipinski definition) is 0. The fraction of sp³-hybridized carbons (Fsp3) is 0.111. The summed E-state index contributed by atoms with van der Waals surface area (Å²) in [6, 6.07) is 2.54. The van der Waals surface area contributed by atoms with Crippen LogP contribution in [0.25, 0.3) is 0 Å². The summed E-state index contributed by atoms with van der Waals surface area (Å²) in [7, 11) is -9.53. The fourth-order valence-corrected chi connectivity index (χ4v) is 1.59. The van der Waals surface area contributed by atoms with Gasteiger partial charge >= 0.3 is 10.2 Å². The van der Waals surface area contributed by atoms with Gasteiger partial charge in [-0.2, -0.15) is 0 Å². The summed E-state index contributed by atoms with van der Waals surface area (Å²) >= 11 is 0. The van der Waals surface area contributed by atoms with E-state index in [4.69, 9.17) is 0 Å². The van der Waals surface area contributed by atoms with Crippen molar-refractivity contribution in [3.8, 4) is 11.8 Å². The lowest BCUT2D eigenvalue weighted by molar-refractivity contribution is 0.364. The summed E-state index contributed by atoms with van der Waals surface area (Å²) in [5.41, 5.74) is 0.267. The lowest BCUT2D eigenvalue weighted by Crippen LogP contribution is -2.05. The van der Waals surface area contributed by atoms with E-state index in [0.717, 1.165) is 12.1 Å². The van der Waals surface area contributed by atoms with E-state index in [1.165, 1.54) is 6.92 Å². The van der Waals surface area contributed by atoms with Gasteiger partial charge in [-0.15, -0.1) is 5.92 Å². The Balaban J connectivity index is 3.26. The normalized spacial score (nSPS) is 15.9. The summed E-state index contributed by atoms with van der Waals surface area (Å²) in [4.78, 5) is -1.89. The van der Waals surface area contributed by atoms with E-state index in [2.05, 4.69) is 11.8 Å². The highest BCUT2D eigenvalue weighted by atomic mass is 32.5. The standard InChI is InChI=1S/C9H7F5S/c1-2-3-8-4-6-9(7-5-8)15(10,11,12,13)14/h4-7H,1H3. The number of benzene rings is 1. The summed E-state index contributed by atoms with van der Waals surface area (Å²) in [6.45, 7) is 1.50. The summed E-state index contributed by atoms with van der Waals surface area (Å²) in [6.07, 6.45) is 0. The first-order chi connectivity index (χ1) is 6.53. The topological polar surface area (TPSA) is 0 Å². The minimum absolute atomic E-state index is 0.267. The van der Waals surface area contributed by atoms with Crippen molar-refractivity contribution in [1.29, 1.82) is 0 Å². The van der Waals surface area contributed by atoms with Crippen molar-refractivity contribution in [3.05, 3.63) is 29.8 Å². The molecule has 0 bridgehead atoms. The van der Waals surface area contributed by atoms with Gasteiger partial charge in [-0.3, -0.25) is 0 Å². The first kappa shape index (κ1) is 11.9. The Morgan fingerprint density at radius 1 is 0.933 bits per heavy atom. The fourth-order valence-electron chi connectivity index (χ4n) is 0.940. The van der Waals surface area contributed by atoms with Crippen molar-refractivity contribution in [1.82, 2.24) is 0 Å². The van der Waals surface area contributed by atoms with Gasteiger partial charge in [-0.05, 0) is 31.2 Å². The van der Waals surface area contributed by atoms with E-state index < -0.39 is 15.1 Å². The smallest absolute Gasteiger partial charge is 0.101 e. The van der Waals surface area contributed by atoms with Gasteiger partial charge in [0.05, 0.1) is 0 Å². The molecule has 15 heavy (non-hydrogen) atoms. The molecule has 1 aromatic rings. The molecule has 0 spiro atoms. The molecule has 0 radical (unpaired) electrons. The summed E-state index contributed by atoms with van der Waals surface area (Å²) in [5.74, 6) is 4.91. The van der Waals surface area contributed by atoms with Gasteiger partial charge in [0.15, 0.2) is 0 Å². The van der Waals surface area contributed by atoms with Crippen LogP contribution in [0.15, 0.2) is 29.2 Å². The second kappa shape index (κ2) is 2.67. The Bertz CT molecular complexity index is 431. The highest BCUT2D eigenvalue weighted by molar-refractivity contribution is 8.45. The Labute approximate surface area is 83.8 Å². The second-order valence-electron chi connectivity index (χ2n) is 2.87. The van der Waals surface area contributed by atoms with Crippen LogP contribution >= 0.6 is 10.2 Å². The van der Waals surface area contributed by atoms with Crippen LogP contribution in [0.3, 0.4) is 0 Å². The van der Waals surface area contributed by atoms with Crippen molar-refractivity contribution >= 4 is 10.2 Å². The van der Waals surface area contributed by atoms with Crippen molar-refractivity contribution in [2.75, 3.05) is 0 Å². The molecule has 84 valence electrons. The lowest BCUT2D eigenvalue weighted by Gasteiger charge is -2.40. The number of hydrogen-bond donors (Lipinski definition) is 0. The third-order valence-electron chi connectivity index (χ3n) is 1.57. The van der Waals surface area contributed by atoms with E-state index in [-0.39, 0.29) is 5.56 Å². The molecule has 0 aliphatic carbocycles. The lowest BCUT2D eigenvalue weighted by atomic mass is 10.2. The van der Waals surface area contributed by atoms with Gasteiger partial charge in [0.25, 0.3) is 0 Å². The third kappa shape index (κ3) is 3.13. The van der Waals surface area contributed by atoms with E-state index >= 15 is 0 Å². The molecule has 1 aromatic carbocycles. The molecule has 0 aliphatic heterocycles. The van der Waals surface area contributed by atoms with Crippen molar-refractivity contribution in [2.24, 2.45) is 0 Å². The van der Waals surface area contributed by atoms with E-state index in [1.807, 2.05) is 0 Å². The maximum absolute atomic E-state index is 12.2. The molecule has 0 fully saturated rings. The van der Waals surface area contributed by atoms with E-state index in [1.54, 1.807) is 0 Å². The Morgan fingerprint density at radius 2 is 1.40 bits per heavy atom. The van der Waals surface area contributed by atoms with Crippen LogP contribution in [0.1, 0.15) is 12.5 Å². The van der Waals surface area contributed by atoms with Gasteiger partial charge in [0.1, 0.15) is 4.90 Å². The largest absolute Gasteiger partial charge is 0.310 e. The Kier molecular flexibility index (Phi) is 2.11. The molecule has 0 heterocycles. The molecule has 1 rings (SSSR count). The molecule has 0 amide bonds. The highest BCUT2D eigenvalue weighted by Crippen LogP contribution is 3.02. The third-order valence-corrected chi connectivity index (χ3v) is 2.73. The van der Waals surface area contributed by atoms with Gasteiger partial charge < -0.3 is 0 Å². The van der Waals surface area contributed by atoms with Gasteiger partial charge in [-0.1, -0.05) is 25.3 Å². The van der Waals surface area contributed by atoms with Crippen molar-refractivity contribution in [3.63, 3.8) is 0 Å². The highest BCUT2D eigenvalue weighted by Gasteiger charge is 2.65. The number of halogens is 5. The van der Waals surface area contributed by atoms with E-state index in [0.29, 0.717) is 12.1 Å². The molecule has 0 aromatic heterocycles.